The summed E-state index contributed by atoms with van der Waals surface area (Å²) in [6.07, 6.45) is -1.72. The van der Waals surface area contributed by atoms with E-state index in [4.69, 9.17) is 5.11 Å². The molecule has 0 radical (unpaired) electrons. The third-order valence-corrected chi connectivity index (χ3v) is 1.61. The highest BCUT2D eigenvalue weighted by atomic mass is 19.3. The third kappa shape index (κ3) is 1.99. The number of halogens is 2. The number of aromatic carboxylic acids is 1. The molecule has 0 spiro atoms. The summed E-state index contributed by atoms with van der Waals surface area (Å²) in [6.45, 7) is 1.43. The van der Waals surface area contributed by atoms with Gasteiger partial charge in [-0.3, -0.25) is 0 Å². The zero-order valence-electron chi connectivity index (χ0n) is 6.79. The summed E-state index contributed by atoms with van der Waals surface area (Å²) < 4.78 is 24.3. The fourth-order valence-electron chi connectivity index (χ4n) is 0.912. The van der Waals surface area contributed by atoms with Crippen LogP contribution in [0.3, 0.4) is 0 Å². The van der Waals surface area contributed by atoms with E-state index in [0.29, 0.717) is 0 Å². The van der Waals surface area contributed by atoms with Crippen LogP contribution in [0.1, 0.15) is 28.0 Å². The molecule has 1 aromatic rings. The molecular weight excluding hydrogens is 180 g/mol. The molecule has 5 heteroatoms. The number of hydrogen-bond acceptors (Lipinski definition) is 2. The van der Waals surface area contributed by atoms with Crippen LogP contribution in [0.2, 0.25) is 0 Å². The molecule has 1 N–H and O–H groups in total. The van der Waals surface area contributed by atoms with Crippen LogP contribution in [0.4, 0.5) is 8.78 Å². The Morgan fingerprint density at radius 3 is 2.62 bits per heavy atom. The Morgan fingerprint density at radius 1 is 1.62 bits per heavy atom. The maximum atomic E-state index is 12.2. The minimum Gasteiger partial charge on any atom is -0.477 e. The summed E-state index contributed by atoms with van der Waals surface area (Å²) in [4.78, 5) is 13.8. The summed E-state index contributed by atoms with van der Waals surface area (Å²) >= 11 is 0. The monoisotopic (exact) mass is 187 g/mol. The number of nitrogens with zero attached hydrogens (tertiary/aromatic N) is 1. The predicted molar refractivity (Wildman–Crippen MR) is 40.9 cm³/mol. The average Bonchev–Trinajstić information content (AvgIpc) is 2.03. The number of carboxylic acids is 1. The Balaban J connectivity index is 3.13. The van der Waals surface area contributed by atoms with Crippen LogP contribution in [-0.4, -0.2) is 16.1 Å². The first-order valence-electron chi connectivity index (χ1n) is 3.50. The highest BCUT2D eigenvalue weighted by molar-refractivity contribution is 5.85. The van der Waals surface area contributed by atoms with Gasteiger partial charge in [-0.05, 0) is 18.6 Å². The van der Waals surface area contributed by atoms with E-state index in [1.54, 1.807) is 0 Å². The van der Waals surface area contributed by atoms with E-state index in [1.807, 2.05) is 0 Å². The van der Waals surface area contributed by atoms with Gasteiger partial charge in [-0.2, -0.15) is 0 Å². The van der Waals surface area contributed by atoms with Crippen LogP contribution >= 0.6 is 0 Å². The molecule has 0 amide bonds. The molecule has 70 valence electrons. The quantitative estimate of drug-likeness (QED) is 0.770. The maximum absolute atomic E-state index is 12.2. The van der Waals surface area contributed by atoms with Crippen molar-refractivity contribution in [3.63, 3.8) is 0 Å². The molecule has 0 fully saturated rings. The van der Waals surface area contributed by atoms with E-state index >= 15 is 0 Å². The fraction of sp³-hybridized carbons (Fsp3) is 0.250. The molecule has 0 saturated heterocycles. The first-order valence-corrected chi connectivity index (χ1v) is 3.50. The standard InChI is InChI=1S/C8H7F2NO2/c1-4-2-6(8(12)13)11-3-5(4)7(9)10/h2-3,7H,1H3,(H,12,13). The summed E-state index contributed by atoms with van der Waals surface area (Å²) in [5.41, 5.74) is -0.214. The van der Waals surface area contributed by atoms with Gasteiger partial charge >= 0.3 is 5.97 Å². The third-order valence-electron chi connectivity index (χ3n) is 1.61. The van der Waals surface area contributed by atoms with Crippen molar-refractivity contribution in [3.05, 3.63) is 29.1 Å². The van der Waals surface area contributed by atoms with Gasteiger partial charge in [-0.1, -0.05) is 0 Å². The normalized spacial score (nSPS) is 10.5. The highest BCUT2D eigenvalue weighted by Gasteiger charge is 2.13. The smallest absolute Gasteiger partial charge is 0.354 e. The molecule has 1 rings (SSSR count). The van der Waals surface area contributed by atoms with Crippen molar-refractivity contribution in [1.82, 2.24) is 4.98 Å². The predicted octanol–water partition coefficient (Wildman–Crippen LogP) is 2.03. The maximum Gasteiger partial charge on any atom is 0.354 e. The van der Waals surface area contributed by atoms with Crippen LogP contribution in [0.5, 0.6) is 0 Å². The second-order valence-electron chi connectivity index (χ2n) is 2.53. The topological polar surface area (TPSA) is 50.2 Å². The van der Waals surface area contributed by atoms with Crippen LogP contribution in [0.15, 0.2) is 12.3 Å². The van der Waals surface area contributed by atoms with Gasteiger partial charge in [-0.15, -0.1) is 0 Å². The van der Waals surface area contributed by atoms with E-state index in [1.165, 1.54) is 6.92 Å². The lowest BCUT2D eigenvalue weighted by Crippen LogP contribution is -2.02. The molecule has 13 heavy (non-hydrogen) atoms. The van der Waals surface area contributed by atoms with Crippen LogP contribution in [-0.2, 0) is 0 Å². The molecular formula is C8H7F2NO2. The van der Waals surface area contributed by atoms with Crippen molar-refractivity contribution in [3.8, 4) is 0 Å². The van der Waals surface area contributed by atoms with E-state index < -0.39 is 12.4 Å². The Morgan fingerprint density at radius 2 is 2.23 bits per heavy atom. The van der Waals surface area contributed by atoms with E-state index in [2.05, 4.69) is 4.98 Å². The number of pyridine rings is 1. The molecule has 1 aromatic heterocycles. The van der Waals surface area contributed by atoms with Crippen molar-refractivity contribution in [2.75, 3.05) is 0 Å². The molecule has 0 aliphatic heterocycles. The van der Waals surface area contributed by atoms with Crippen LogP contribution < -0.4 is 0 Å². The van der Waals surface area contributed by atoms with Gasteiger partial charge in [0.25, 0.3) is 6.43 Å². The van der Waals surface area contributed by atoms with Gasteiger partial charge < -0.3 is 5.11 Å². The number of aryl methyl sites for hydroxylation is 1. The lowest BCUT2D eigenvalue weighted by atomic mass is 10.1. The van der Waals surface area contributed by atoms with E-state index in [-0.39, 0.29) is 16.8 Å². The first-order chi connectivity index (χ1) is 6.02. The van der Waals surface area contributed by atoms with Crippen molar-refractivity contribution in [2.24, 2.45) is 0 Å². The molecule has 0 atom stereocenters. The number of carbonyl (C=O) groups is 1. The zero-order chi connectivity index (χ0) is 10.0. The van der Waals surface area contributed by atoms with Crippen LogP contribution in [0.25, 0.3) is 0 Å². The number of aromatic nitrogens is 1. The Hall–Kier alpha value is -1.52. The summed E-state index contributed by atoms with van der Waals surface area (Å²) in [7, 11) is 0. The molecule has 0 bridgehead atoms. The second kappa shape index (κ2) is 3.47. The van der Waals surface area contributed by atoms with Crippen molar-refractivity contribution < 1.29 is 18.7 Å². The van der Waals surface area contributed by atoms with Crippen molar-refractivity contribution >= 4 is 5.97 Å². The van der Waals surface area contributed by atoms with Gasteiger partial charge in [-0.25, -0.2) is 18.6 Å². The fourth-order valence-corrected chi connectivity index (χ4v) is 0.912. The van der Waals surface area contributed by atoms with E-state index in [9.17, 15) is 13.6 Å². The zero-order valence-corrected chi connectivity index (χ0v) is 6.79. The molecule has 0 aromatic carbocycles. The molecule has 3 nitrogen and oxygen atoms in total. The van der Waals surface area contributed by atoms with Gasteiger partial charge in [0, 0.05) is 11.8 Å². The number of alkyl halides is 2. The van der Waals surface area contributed by atoms with Gasteiger partial charge in [0.05, 0.1) is 0 Å². The molecule has 0 aliphatic rings. The minimum atomic E-state index is -2.62. The summed E-state index contributed by atoms with van der Waals surface area (Å²) in [5, 5.41) is 8.49. The second-order valence-corrected chi connectivity index (χ2v) is 2.53. The highest BCUT2D eigenvalue weighted by Crippen LogP contribution is 2.21. The SMILES string of the molecule is Cc1cc(C(=O)O)ncc1C(F)F. The Bertz CT molecular complexity index is 339. The lowest BCUT2D eigenvalue weighted by Gasteiger charge is -2.03. The Kier molecular flexibility index (Phi) is 2.55. The summed E-state index contributed by atoms with van der Waals surface area (Å²) in [5.74, 6) is -1.22. The average molecular weight is 187 g/mol. The van der Waals surface area contributed by atoms with Crippen molar-refractivity contribution in [1.29, 1.82) is 0 Å². The Labute approximate surface area is 73.0 Å². The van der Waals surface area contributed by atoms with Gasteiger partial charge in [0.2, 0.25) is 0 Å². The van der Waals surface area contributed by atoms with Crippen molar-refractivity contribution in [2.45, 2.75) is 13.3 Å². The number of rotatable bonds is 2. The van der Waals surface area contributed by atoms with Gasteiger partial charge in [0.1, 0.15) is 5.69 Å². The van der Waals surface area contributed by atoms with E-state index in [0.717, 1.165) is 12.3 Å². The van der Waals surface area contributed by atoms with Gasteiger partial charge in [0.15, 0.2) is 0 Å². The lowest BCUT2D eigenvalue weighted by molar-refractivity contribution is 0.0689. The minimum absolute atomic E-state index is 0.220. The molecule has 0 saturated carbocycles. The van der Waals surface area contributed by atoms with Crippen LogP contribution in [0, 0.1) is 6.92 Å². The largest absolute Gasteiger partial charge is 0.477 e. The number of hydrogen-bond donors (Lipinski definition) is 1. The molecule has 1 heterocycles. The first kappa shape index (κ1) is 9.57. The number of carboxylic acid groups (broad SMARTS) is 1. The molecule has 0 unspecified atom stereocenters. The molecule has 0 aliphatic carbocycles. The summed E-state index contributed by atoms with van der Waals surface area (Å²) in [6, 6.07) is 1.13.